The van der Waals surface area contributed by atoms with Crippen LogP contribution in [0.1, 0.15) is 36.1 Å². The maximum Gasteiger partial charge on any atom is 0.222 e. The molecule has 0 aromatic carbocycles. The van der Waals surface area contributed by atoms with Gasteiger partial charge in [-0.3, -0.25) is 4.79 Å². The first-order valence-electron chi connectivity index (χ1n) is 5.68. The van der Waals surface area contributed by atoms with Gasteiger partial charge in [-0.25, -0.2) is 0 Å². The Bertz CT molecular complexity index is 382. The van der Waals surface area contributed by atoms with Crippen molar-refractivity contribution in [3.8, 4) is 0 Å². The predicted molar refractivity (Wildman–Crippen MR) is 66.3 cm³/mol. The van der Waals surface area contributed by atoms with Crippen LogP contribution in [0.25, 0.3) is 0 Å². The number of hydrogen-bond donors (Lipinski definition) is 2. The smallest absolute Gasteiger partial charge is 0.222 e. The van der Waals surface area contributed by atoms with Crippen molar-refractivity contribution < 1.29 is 4.79 Å². The van der Waals surface area contributed by atoms with Gasteiger partial charge in [0.05, 0.1) is 6.54 Å². The third-order valence-electron chi connectivity index (χ3n) is 3.28. The molecule has 3 nitrogen and oxygen atoms in total. The third-order valence-corrected chi connectivity index (χ3v) is 4.30. The largest absolute Gasteiger partial charge is 0.351 e. The minimum absolute atomic E-state index is 0.0787. The lowest BCUT2D eigenvalue weighted by atomic mass is 9.75. The molecule has 1 aromatic heterocycles. The summed E-state index contributed by atoms with van der Waals surface area (Å²) in [7, 11) is 0. The minimum atomic E-state index is -0.214. The molecule has 0 bridgehead atoms. The summed E-state index contributed by atoms with van der Waals surface area (Å²) in [5.41, 5.74) is 7.06. The molecular formula is C12H18N2OS. The molecule has 1 fully saturated rings. The summed E-state index contributed by atoms with van der Waals surface area (Å²) in [5, 5.41) is 4.99. The molecule has 2 rings (SSSR count). The molecule has 1 aliphatic carbocycles. The monoisotopic (exact) mass is 238 g/mol. The van der Waals surface area contributed by atoms with Crippen LogP contribution in [0.5, 0.6) is 0 Å². The molecule has 0 atom stereocenters. The van der Waals surface area contributed by atoms with Crippen LogP contribution in [-0.2, 0) is 11.3 Å². The molecule has 1 amide bonds. The lowest BCUT2D eigenvalue weighted by Crippen LogP contribution is -2.49. The van der Waals surface area contributed by atoms with Gasteiger partial charge in [0.25, 0.3) is 0 Å². The molecule has 1 aromatic rings. The van der Waals surface area contributed by atoms with Gasteiger partial charge in [0, 0.05) is 16.8 Å². The van der Waals surface area contributed by atoms with E-state index in [1.165, 1.54) is 10.4 Å². The van der Waals surface area contributed by atoms with E-state index < -0.39 is 0 Å². The molecular weight excluding hydrogens is 220 g/mol. The summed E-state index contributed by atoms with van der Waals surface area (Å²) in [6.45, 7) is 2.70. The van der Waals surface area contributed by atoms with Crippen molar-refractivity contribution in [1.29, 1.82) is 0 Å². The number of rotatable bonds is 4. The lowest BCUT2D eigenvalue weighted by molar-refractivity contribution is -0.123. The summed E-state index contributed by atoms with van der Waals surface area (Å²) in [6, 6.07) is 2.07. The number of nitrogens with two attached hydrogens (primary N) is 1. The van der Waals surface area contributed by atoms with Gasteiger partial charge in [0.1, 0.15) is 0 Å². The maximum atomic E-state index is 11.7. The lowest BCUT2D eigenvalue weighted by Gasteiger charge is -2.37. The number of amides is 1. The summed E-state index contributed by atoms with van der Waals surface area (Å²) < 4.78 is 0. The first-order chi connectivity index (χ1) is 7.59. The Morgan fingerprint density at radius 2 is 2.38 bits per heavy atom. The highest BCUT2D eigenvalue weighted by molar-refractivity contribution is 7.10. The number of nitrogens with one attached hydrogen (secondary N) is 1. The molecule has 88 valence electrons. The van der Waals surface area contributed by atoms with Gasteiger partial charge in [-0.2, -0.15) is 0 Å². The quantitative estimate of drug-likeness (QED) is 0.842. The highest BCUT2D eigenvalue weighted by Crippen LogP contribution is 2.31. The molecule has 0 spiro atoms. The van der Waals surface area contributed by atoms with Crippen LogP contribution in [0.4, 0.5) is 0 Å². The second kappa shape index (κ2) is 4.55. The van der Waals surface area contributed by atoms with E-state index in [0.717, 1.165) is 19.3 Å². The Kier molecular flexibility index (Phi) is 3.30. The van der Waals surface area contributed by atoms with Crippen molar-refractivity contribution in [2.24, 2.45) is 5.73 Å². The van der Waals surface area contributed by atoms with Gasteiger partial charge >= 0.3 is 0 Å². The normalized spacial score (nSPS) is 17.9. The number of carbonyl (C=O) groups excluding carboxylic acids is 1. The number of carbonyl (C=O) groups is 1. The van der Waals surface area contributed by atoms with Crippen LogP contribution in [-0.4, -0.2) is 11.4 Å². The summed E-state index contributed by atoms with van der Waals surface area (Å²) in [4.78, 5) is 12.9. The molecule has 0 saturated heterocycles. The third kappa shape index (κ3) is 2.62. The van der Waals surface area contributed by atoms with E-state index in [0.29, 0.717) is 13.0 Å². The maximum absolute atomic E-state index is 11.7. The van der Waals surface area contributed by atoms with Gasteiger partial charge < -0.3 is 11.1 Å². The van der Waals surface area contributed by atoms with E-state index >= 15 is 0 Å². The van der Waals surface area contributed by atoms with Crippen molar-refractivity contribution in [3.05, 3.63) is 21.9 Å². The molecule has 1 aliphatic rings. The second-order valence-electron chi connectivity index (χ2n) is 4.70. The number of aryl methyl sites for hydroxylation is 1. The van der Waals surface area contributed by atoms with Crippen LogP contribution in [0.15, 0.2) is 11.4 Å². The van der Waals surface area contributed by atoms with Crippen LogP contribution in [0.3, 0.4) is 0 Å². The van der Waals surface area contributed by atoms with Crippen molar-refractivity contribution in [3.63, 3.8) is 0 Å². The Balaban J connectivity index is 1.78. The van der Waals surface area contributed by atoms with E-state index in [2.05, 4.69) is 18.3 Å². The average molecular weight is 238 g/mol. The zero-order valence-corrected chi connectivity index (χ0v) is 10.4. The Morgan fingerprint density at radius 1 is 1.62 bits per heavy atom. The predicted octanol–water partition coefficient (Wildman–Crippen LogP) is 1.94. The fourth-order valence-electron chi connectivity index (χ4n) is 1.95. The van der Waals surface area contributed by atoms with E-state index in [-0.39, 0.29) is 11.4 Å². The highest BCUT2D eigenvalue weighted by Gasteiger charge is 2.34. The number of hydrogen-bond acceptors (Lipinski definition) is 3. The molecule has 1 heterocycles. The zero-order valence-electron chi connectivity index (χ0n) is 9.58. The van der Waals surface area contributed by atoms with E-state index in [9.17, 15) is 4.79 Å². The van der Waals surface area contributed by atoms with Crippen LogP contribution >= 0.6 is 11.3 Å². The van der Waals surface area contributed by atoms with E-state index in [1.54, 1.807) is 11.3 Å². The zero-order chi connectivity index (χ0) is 11.6. The fraction of sp³-hybridized carbons (Fsp3) is 0.583. The molecule has 1 saturated carbocycles. The molecule has 16 heavy (non-hydrogen) atoms. The van der Waals surface area contributed by atoms with Crippen LogP contribution < -0.4 is 11.1 Å². The SMILES string of the molecule is Cc1ccsc1CNC(=O)CC1(N)CCC1. The second-order valence-corrected chi connectivity index (χ2v) is 5.70. The number of thiophene rings is 1. The van der Waals surface area contributed by atoms with Gasteiger partial charge in [0.2, 0.25) is 5.91 Å². The summed E-state index contributed by atoms with van der Waals surface area (Å²) in [6.07, 6.45) is 3.60. The summed E-state index contributed by atoms with van der Waals surface area (Å²) in [5.74, 6) is 0.0787. The minimum Gasteiger partial charge on any atom is -0.351 e. The van der Waals surface area contributed by atoms with E-state index in [1.807, 2.05) is 5.38 Å². The standard InChI is InChI=1S/C12H18N2OS/c1-9-3-6-16-10(9)8-14-11(15)7-12(13)4-2-5-12/h3,6H,2,4-5,7-8,13H2,1H3,(H,14,15). The Labute approximate surface area is 100 Å². The molecule has 0 unspecified atom stereocenters. The Hall–Kier alpha value is -0.870. The highest BCUT2D eigenvalue weighted by atomic mass is 32.1. The first-order valence-corrected chi connectivity index (χ1v) is 6.56. The average Bonchev–Trinajstić information content (AvgIpc) is 2.59. The van der Waals surface area contributed by atoms with Gasteiger partial charge in [-0.15, -0.1) is 11.3 Å². The molecule has 4 heteroatoms. The van der Waals surface area contributed by atoms with E-state index in [4.69, 9.17) is 5.73 Å². The van der Waals surface area contributed by atoms with Crippen molar-refractivity contribution in [1.82, 2.24) is 5.32 Å². The topological polar surface area (TPSA) is 55.1 Å². The van der Waals surface area contributed by atoms with Crippen LogP contribution in [0.2, 0.25) is 0 Å². The van der Waals surface area contributed by atoms with Crippen molar-refractivity contribution in [2.45, 2.75) is 44.7 Å². The summed E-state index contributed by atoms with van der Waals surface area (Å²) >= 11 is 1.68. The van der Waals surface area contributed by atoms with Crippen LogP contribution in [0, 0.1) is 6.92 Å². The fourth-order valence-corrected chi connectivity index (χ4v) is 2.80. The molecule has 3 N–H and O–H groups in total. The molecule has 0 aliphatic heterocycles. The van der Waals surface area contributed by atoms with Crippen molar-refractivity contribution >= 4 is 17.2 Å². The van der Waals surface area contributed by atoms with Gasteiger partial charge in [0.15, 0.2) is 0 Å². The Morgan fingerprint density at radius 3 is 2.88 bits per heavy atom. The van der Waals surface area contributed by atoms with Gasteiger partial charge in [-0.05, 0) is 43.2 Å². The van der Waals surface area contributed by atoms with Gasteiger partial charge in [-0.1, -0.05) is 0 Å². The molecule has 0 radical (unpaired) electrons. The van der Waals surface area contributed by atoms with Crippen molar-refractivity contribution in [2.75, 3.05) is 0 Å². The first kappa shape index (κ1) is 11.6.